The molecular weight excluding hydrogens is 340 g/mol. The molecule has 2 aromatic carbocycles. The summed E-state index contributed by atoms with van der Waals surface area (Å²) >= 11 is 0. The van der Waals surface area contributed by atoms with Crippen LogP contribution in [0, 0.1) is 6.92 Å². The maximum absolute atomic E-state index is 12.2. The first-order valence-electron chi connectivity index (χ1n) is 7.73. The molecule has 0 spiro atoms. The number of nitrogens with one attached hydrogen (secondary N) is 1. The zero-order valence-electron chi connectivity index (χ0n) is 14.5. The van der Waals surface area contributed by atoms with Crippen LogP contribution in [0.3, 0.4) is 0 Å². The van der Waals surface area contributed by atoms with Gasteiger partial charge in [0.2, 0.25) is 15.9 Å². The van der Waals surface area contributed by atoms with E-state index < -0.39 is 10.0 Å². The Morgan fingerprint density at radius 1 is 1.08 bits per heavy atom. The van der Waals surface area contributed by atoms with E-state index in [1.54, 1.807) is 31.4 Å². The van der Waals surface area contributed by atoms with Crippen molar-refractivity contribution in [1.29, 1.82) is 0 Å². The highest BCUT2D eigenvalue weighted by Gasteiger charge is 2.20. The normalized spacial score (nSPS) is 11.0. The summed E-state index contributed by atoms with van der Waals surface area (Å²) in [6.07, 6.45) is 1.09. The maximum atomic E-state index is 12.2. The second-order valence-corrected chi connectivity index (χ2v) is 7.64. The molecule has 0 aliphatic carbocycles. The highest BCUT2D eigenvalue weighted by atomic mass is 32.2. The average molecular weight is 362 g/mol. The van der Waals surface area contributed by atoms with Gasteiger partial charge in [-0.25, -0.2) is 8.42 Å². The molecule has 0 aromatic heterocycles. The van der Waals surface area contributed by atoms with Gasteiger partial charge in [-0.3, -0.25) is 9.10 Å². The third kappa shape index (κ3) is 5.49. The lowest BCUT2D eigenvalue weighted by Gasteiger charge is -2.22. The van der Waals surface area contributed by atoms with Crippen molar-refractivity contribution in [2.75, 3.05) is 24.2 Å². The molecule has 2 aromatic rings. The number of sulfonamides is 1. The van der Waals surface area contributed by atoms with Crippen molar-refractivity contribution in [2.45, 2.75) is 13.5 Å². The molecule has 0 heterocycles. The molecule has 0 radical (unpaired) electrons. The van der Waals surface area contributed by atoms with Gasteiger partial charge < -0.3 is 10.1 Å². The minimum atomic E-state index is -3.56. The Labute approximate surface area is 148 Å². The van der Waals surface area contributed by atoms with Crippen molar-refractivity contribution >= 4 is 21.6 Å². The van der Waals surface area contributed by atoms with E-state index in [0.717, 1.165) is 27.4 Å². The molecule has 134 valence electrons. The number of amides is 1. The van der Waals surface area contributed by atoms with Crippen LogP contribution in [-0.2, 0) is 21.4 Å². The first kappa shape index (κ1) is 18.8. The fraction of sp³-hybridized carbons (Fsp3) is 0.278. The Bertz CT molecular complexity index is 815. The van der Waals surface area contributed by atoms with Gasteiger partial charge >= 0.3 is 0 Å². The lowest BCUT2D eigenvalue weighted by molar-refractivity contribution is -0.119. The molecule has 7 heteroatoms. The van der Waals surface area contributed by atoms with E-state index in [2.05, 4.69) is 5.32 Å². The maximum Gasteiger partial charge on any atom is 0.241 e. The van der Waals surface area contributed by atoms with Crippen LogP contribution in [0.25, 0.3) is 0 Å². The van der Waals surface area contributed by atoms with Crippen molar-refractivity contribution in [3.8, 4) is 5.75 Å². The Balaban J connectivity index is 2.03. The highest BCUT2D eigenvalue weighted by molar-refractivity contribution is 7.92. The highest BCUT2D eigenvalue weighted by Crippen LogP contribution is 2.18. The molecule has 0 aliphatic rings. The van der Waals surface area contributed by atoms with E-state index >= 15 is 0 Å². The van der Waals surface area contributed by atoms with Gasteiger partial charge in [-0.05, 0) is 36.8 Å². The minimum absolute atomic E-state index is 0.266. The Kier molecular flexibility index (Phi) is 6.03. The second-order valence-electron chi connectivity index (χ2n) is 5.73. The monoisotopic (exact) mass is 362 g/mol. The molecule has 6 nitrogen and oxygen atoms in total. The zero-order chi connectivity index (χ0) is 18.4. The fourth-order valence-corrected chi connectivity index (χ4v) is 3.10. The quantitative estimate of drug-likeness (QED) is 0.818. The number of nitrogens with zero attached hydrogens (tertiary/aromatic N) is 1. The summed E-state index contributed by atoms with van der Waals surface area (Å²) < 4.78 is 30.2. The molecule has 25 heavy (non-hydrogen) atoms. The van der Waals surface area contributed by atoms with Crippen molar-refractivity contribution in [1.82, 2.24) is 5.32 Å². The second kappa shape index (κ2) is 8.02. The van der Waals surface area contributed by atoms with E-state index in [4.69, 9.17) is 4.74 Å². The van der Waals surface area contributed by atoms with Gasteiger partial charge in [0.15, 0.2) is 0 Å². The molecule has 2 rings (SSSR count). The molecule has 0 saturated carbocycles. The van der Waals surface area contributed by atoms with E-state index in [1.807, 2.05) is 31.2 Å². The van der Waals surface area contributed by atoms with Gasteiger partial charge in [0.05, 0.1) is 19.1 Å². The van der Waals surface area contributed by atoms with E-state index in [0.29, 0.717) is 12.2 Å². The number of rotatable bonds is 7. The van der Waals surface area contributed by atoms with Crippen LogP contribution >= 0.6 is 0 Å². The first-order valence-corrected chi connectivity index (χ1v) is 9.58. The third-order valence-corrected chi connectivity index (χ3v) is 4.80. The molecule has 0 unspecified atom stereocenters. The Morgan fingerprint density at radius 2 is 1.68 bits per heavy atom. The van der Waals surface area contributed by atoms with Crippen LogP contribution in [0.1, 0.15) is 11.1 Å². The molecule has 0 saturated heterocycles. The third-order valence-electron chi connectivity index (χ3n) is 3.66. The topological polar surface area (TPSA) is 75.7 Å². The predicted octanol–water partition coefficient (Wildman–Crippen LogP) is 2.09. The Hall–Kier alpha value is -2.54. The fourth-order valence-electron chi connectivity index (χ4n) is 2.24. The standard InChI is InChI=1S/C18H22N2O4S/c1-14-4-8-16(9-5-14)20(25(3,22)23)13-18(21)19-12-15-6-10-17(24-2)11-7-15/h4-11H,12-13H2,1-3H3,(H,19,21). The summed E-state index contributed by atoms with van der Waals surface area (Å²) in [6, 6.07) is 14.3. The summed E-state index contributed by atoms with van der Waals surface area (Å²) in [7, 11) is -1.98. The van der Waals surface area contributed by atoms with Crippen LogP contribution in [-0.4, -0.2) is 34.2 Å². The zero-order valence-corrected chi connectivity index (χ0v) is 15.3. The molecule has 0 aliphatic heterocycles. The largest absolute Gasteiger partial charge is 0.497 e. The van der Waals surface area contributed by atoms with Crippen LogP contribution < -0.4 is 14.4 Å². The number of hydrogen-bond acceptors (Lipinski definition) is 4. The van der Waals surface area contributed by atoms with Gasteiger partial charge in [0.25, 0.3) is 0 Å². The van der Waals surface area contributed by atoms with Gasteiger partial charge in [0, 0.05) is 6.54 Å². The van der Waals surface area contributed by atoms with Gasteiger partial charge in [-0.15, -0.1) is 0 Å². The lowest BCUT2D eigenvalue weighted by Crippen LogP contribution is -2.40. The number of aryl methyl sites for hydroxylation is 1. The van der Waals surface area contributed by atoms with Crippen molar-refractivity contribution in [2.24, 2.45) is 0 Å². The number of ether oxygens (including phenoxy) is 1. The average Bonchev–Trinajstić information content (AvgIpc) is 2.58. The minimum Gasteiger partial charge on any atom is -0.497 e. The van der Waals surface area contributed by atoms with Crippen LogP contribution in [0.2, 0.25) is 0 Å². The van der Waals surface area contributed by atoms with Crippen LogP contribution in [0.4, 0.5) is 5.69 Å². The Morgan fingerprint density at radius 3 is 2.20 bits per heavy atom. The number of carbonyl (C=O) groups excluding carboxylic acids is 1. The molecular formula is C18H22N2O4S. The first-order chi connectivity index (χ1) is 11.8. The molecule has 0 bridgehead atoms. The van der Waals surface area contributed by atoms with Gasteiger partial charge in [-0.1, -0.05) is 29.8 Å². The molecule has 0 fully saturated rings. The SMILES string of the molecule is COc1ccc(CNC(=O)CN(c2ccc(C)cc2)S(C)(=O)=O)cc1. The molecule has 1 N–H and O–H groups in total. The summed E-state index contributed by atoms with van der Waals surface area (Å²) in [6.45, 7) is 1.96. The van der Waals surface area contributed by atoms with Crippen molar-refractivity contribution in [3.63, 3.8) is 0 Å². The predicted molar refractivity (Wildman–Crippen MR) is 98.2 cm³/mol. The number of carbonyl (C=O) groups is 1. The smallest absolute Gasteiger partial charge is 0.241 e. The van der Waals surface area contributed by atoms with Crippen LogP contribution in [0.5, 0.6) is 5.75 Å². The number of methoxy groups -OCH3 is 1. The molecule has 0 atom stereocenters. The summed E-state index contributed by atoms with van der Waals surface area (Å²) in [5.41, 5.74) is 2.38. The summed E-state index contributed by atoms with van der Waals surface area (Å²) in [4.78, 5) is 12.2. The lowest BCUT2D eigenvalue weighted by atomic mass is 10.2. The summed E-state index contributed by atoms with van der Waals surface area (Å²) in [5.74, 6) is 0.361. The number of hydrogen-bond donors (Lipinski definition) is 1. The van der Waals surface area contributed by atoms with E-state index in [9.17, 15) is 13.2 Å². The van der Waals surface area contributed by atoms with Gasteiger partial charge in [0.1, 0.15) is 12.3 Å². The molecule has 1 amide bonds. The van der Waals surface area contributed by atoms with Gasteiger partial charge in [-0.2, -0.15) is 0 Å². The summed E-state index contributed by atoms with van der Waals surface area (Å²) in [5, 5.41) is 2.73. The van der Waals surface area contributed by atoms with Crippen LogP contribution in [0.15, 0.2) is 48.5 Å². The van der Waals surface area contributed by atoms with E-state index in [1.165, 1.54) is 0 Å². The van der Waals surface area contributed by atoms with E-state index in [-0.39, 0.29) is 12.5 Å². The number of benzene rings is 2. The van der Waals surface area contributed by atoms with Crippen molar-refractivity contribution in [3.05, 3.63) is 59.7 Å². The number of anilines is 1. The van der Waals surface area contributed by atoms with Crippen molar-refractivity contribution < 1.29 is 17.9 Å².